The second kappa shape index (κ2) is 5.75. The lowest BCUT2D eigenvalue weighted by Gasteiger charge is -2.12. The van der Waals surface area contributed by atoms with E-state index in [0.717, 1.165) is 11.8 Å². The SMILES string of the molecule is COC(=O)c1ccccc1NC(=O)C1CSC(=O)N1. The molecule has 1 heterocycles. The van der Waals surface area contributed by atoms with Gasteiger partial charge in [-0.1, -0.05) is 23.9 Å². The molecule has 1 atom stereocenters. The van der Waals surface area contributed by atoms with Gasteiger partial charge in [0.05, 0.1) is 18.4 Å². The molecule has 7 heteroatoms. The van der Waals surface area contributed by atoms with Crippen molar-refractivity contribution in [2.24, 2.45) is 0 Å². The third kappa shape index (κ3) is 3.05. The highest BCUT2D eigenvalue weighted by Gasteiger charge is 2.28. The molecule has 1 saturated heterocycles. The molecule has 0 spiro atoms. The molecule has 1 aromatic rings. The van der Waals surface area contributed by atoms with Gasteiger partial charge in [-0.2, -0.15) is 0 Å². The summed E-state index contributed by atoms with van der Waals surface area (Å²) in [6.07, 6.45) is 0. The number of para-hydroxylation sites is 1. The maximum atomic E-state index is 11.9. The molecule has 1 aliphatic rings. The van der Waals surface area contributed by atoms with Crippen molar-refractivity contribution in [3.05, 3.63) is 29.8 Å². The second-order valence-electron chi connectivity index (χ2n) is 3.82. The number of hydrogen-bond donors (Lipinski definition) is 2. The summed E-state index contributed by atoms with van der Waals surface area (Å²) in [4.78, 5) is 34.5. The highest BCUT2D eigenvalue weighted by atomic mass is 32.2. The van der Waals surface area contributed by atoms with E-state index in [4.69, 9.17) is 0 Å². The zero-order valence-corrected chi connectivity index (χ0v) is 11.0. The van der Waals surface area contributed by atoms with E-state index in [1.54, 1.807) is 24.3 Å². The third-order valence-electron chi connectivity index (χ3n) is 2.58. The zero-order valence-electron chi connectivity index (χ0n) is 10.1. The van der Waals surface area contributed by atoms with Crippen LogP contribution in [0.3, 0.4) is 0 Å². The van der Waals surface area contributed by atoms with Crippen LogP contribution in [0.4, 0.5) is 10.5 Å². The van der Waals surface area contributed by atoms with Gasteiger partial charge in [0.1, 0.15) is 6.04 Å². The molecule has 1 aliphatic heterocycles. The highest BCUT2D eigenvalue weighted by molar-refractivity contribution is 8.14. The average Bonchev–Trinajstić information content (AvgIpc) is 2.85. The minimum absolute atomic E-state index is 0.221. The molecule has 0 radical (unpaired) electrons. The minimum Gasteiger partial charge on any atom is -0.465 e. The number of esters is 1. The number of amides is 2. The van der Waals surface area contributed by atoms with Gasteiger partial charge in [-0.25, -0.2) is 4.79 Å². The van der Waals surface area contributed by atoms with Crippen LogP contribution in [0.1, 0.15) is 10.4 Å². The van der Waals surface area contributed by atoms with E-state index < -0.39 is 12.0 Å². The highest BCUT2D eigenvalue weighted by Crippen LogP contribution is 2.18. The van der Waals surface area contributed by atoms with Gasteiger partial charge in [-0.15, -0.1) is 0 Å². The Morgan fingerprint density at radius 2 is 2.16 bits per heavy atom. The lowest BCUT2D eigenvalue weighted by molar-refractivity contribution is -0.117. The molecule has 1 unspecified atom stereocenters. The number of hydrogen-bond acceptors (Lipinski definition) is 5. The molecule has 2 rings (SSSR count). The summed E-state index contributed by atoms with van der Waals surface area (Å²) in [7, 11) is 1.27. The Bertz CT molecular complexity index is 532. The Morgan fingerprint density at radius 1 is 1.42 bits per heavy atom. The van der Waals surface area contributed by atoms with Crippen molar-refractivity contribution in [1.82, 2.24) is 5.32 Å². The summed E-state index contributed by atoms with van der Waals surface area (Å²) < 4.78 is 4.64. The quantitative estimate of drug-likeness (QED) is 0.814. The fourth-order valence-electron chi connectivity index (χ4n) is 1.63. The Hall–Kier alpha value is -2.02. The number of thioether (sulfide) groups is 1. The van der Waals surface area contributed by atoms with E-state index in [1.807, 2.05) is 0 Å². The number of methoxy groups -OCH3 is 1. The first-order valence-electron chi connectivity index (χ1n) is 5.53. The van der Waals surface area contributed by atoms with Gasteiger partial charge in [0.25, 0.3) is 5.24 Å². The number of carbonyl (C=O) groups excluding carboxylic acids is 3. The summed E-state index contributed by atoms with van der Waals surface area (Å²) in [5, 5.41) is 4.93. The molecule has 0 aromatic heterocycles. The molecule has 2 amide bonds. The van der Waals surface area contributed by atoms with E-state index in [9.17, 15) is 14.4 Å². The van der Waals surface area contributed by atoms with Crippen molar-refractivity contribution in [2.75, 3.05) is 18.2 Å². The van der Waals surface area contributed by atoms with Crippen LogP contribution in [0.15, 0.2) is 24.3 Å². The first-order valence-corrected chi connectivity index (χ1v) is 6.52. The first kappa shape index (κ1) is 13.4. The molecule has 1 aromatic carbocycles. The number of anilines is 1. The topological polar surface area (TPSA) is 84.5 Å². The molecular formula is C12H12N2O4S. The van der Waals surface area contributed by atoms with Crippen molar-refractivity contribution in [2.45, 2.75) is 6.04 Å². The average molecular weight is 280 g/mol. The maximum Gasteiger partial charge on any atom is 0.339 e. The van der Waals surface area contributed by atoms with E-state index in [1.165, 1.54) is 7.11 Å². The fraction of sp³-hybridized carbons (Fsp3) is 0.250. The Labute approximate surface area is 113 Å². The van der Waals surface area contributed by atoms with Crippen molar-refractivity contribution >= 4 is 34.6 Å². The van der Waals surface area contributed by atoms with Gasteiger partial charge in [0, 0.05) is 5.75 Å². The van der Waals surface area contributed by atoms with Crippen LogP contribution < -0.4 is 10.6 Å². The summed E-state index contributed by atoms with van der Waals surface area (Å²) in [5.74, 6) is -0.499. The monoisotopic (exact) mass is 280 g/mol. The lowest BCUT2D eigenvalue weighted by Crippen LogP contribution is -2.38. The summed E-state index contributed by atoms with van der Waals surface area (Å²) in [6.45, 7) is 0. The number of nitrogens with one attached hydrogen (secondary N) is 2. The van der Waals surface area contributed by atoms with Crippen LogP contribution >= 0.6 is 11.8 Å². The van der Waals surface area contributed by atoms with Gasteiger partial charge < -0.3 is 15.4 Å². The van der Waals surface area contributed by atoms with Gasteiger partial charge in [0.2, 0.25) is 5.91 Å². The zero-order chi connectivity index (χ0) is 13.8. The van der Waals surface area contributed by atoms with Crippen LogP contribution in [0, 0.1) is 0 Å². The Morgan fingerprint density at radius 3 is 2.79 bits per heavy atom. The molecule has 0 aliphatic carbocycles. The summed E-state index contributed by atoms with van der Waals surface area (Å²) in [6, 6.07) is 5.96. The first-order chi connectivity index (χ1) is 9.11. The predicted molar refractivity (Wildman–Crippen MR) is 71.2 cm³/mol. The predicted octanol–water partition coefficient (Wildman–Crippen LogP) is 1.24. The van der Waals surface area contributed by atoms with Crippen LogP contribution in [-0.4, -0.2) is 36.0 Å². The fourth-order valence-corrected chi connectivity index (χ4v) is 2.40. The van der Waals surface area contributed by atoms with Gasteiger partial charge in [-0.3, -0.25) is 9.59 Å². The smallest absolute Gasteiger partial charge is 0.339 e. The summed E-state index contributed by atoms with van der Waals surface area (Å²) in [5.41, 5.74) is 0.640. The molecular weight excluding hydrogens is 268 g/mol. The Balaban J connectivity index is 2.12. The van der Waals surface area contributed by atoms with E-state index >= 15 is 0 Å². The van der Waals surface area contributed by atoms with Crippen molar-refractivity contribution in [3.8, 4) is 0 Å². The molecule has 1 fully saturated rings. The largest absolute Gasteiger partial charge is 0.465 e. The summed E-state index contributed by atoms with van der Waals surface area (Å²) >= 11 is 1.06. The molecule has 0 saturated carbocycles. The van der Waals surface area contributed by atoms with Crippen LogP contribution in [0.25, 0.3) is 0 Å². The van der Waals surface area contributed by atoms with Gasteiger partial charge >= 0.3 is 5.97 Å². The molecule has 19 heavy (non-hydrogen) atoms. The maximum absolute atomic E-state index is 11.9. The standard InChI is InChI=1S/C12H12N2O4S/c1-18-11(16)7-4-2-3-5-8(7)13-10(15)9-6-19-12(17)14-9/h2-5,9H,6H2,1H3,(H,13,15)(H,14,17). The normalized spacial score (nSPS) is 17.7. The Kier molecular flexibility index (Phi) is 4.06. The van der Waals surface area contributed by atoms with Crippen LogP contribution in [-0.2, 0) is 9.53 Å². The molecule has 2 N–H and O–H groups in total. The molecule has 100 valence electrons. The van der Waals surface area contributed by atoms with Crippen molar-refractivity contribution in [3.63, 3.8) is 0 Å². The van der Waals surface area contributed by atoms with Crippen LogP contribution in [0.5, 0.6) is 0 Å². The van der Waals surface area contributed by atoms with Crippen LogP contribution in [0.2, 0.25) is 0 Å². The lowest BCUT2D eigenvalue weighted by atomic mass is 10.1. The minimum atomic E-state index is -0.580. The number of benzene rings is 1. The van der Waals surface area contributed by atoms with E-state index in [0.29, 0.717) is 11.4 Å². The van der Waals surface area contributed by atoms with E-state index in [2.05, 4.69) is 15.4 Å². The molecule has 6 nitrogen and oxygen atoms in total. The second-order valence-corrected chi connectivity index (χ2v) is 4.81. The molecule has 0 bridgehead atoms. The third-order valence-corrected chi connectivity index (χ3v) is 3.46. The van der Waals surface area contributed by atoms with Gasteiger partial charge in [-0.05, 0) is 12.1 Å². The number of ether oxygens (including phenoxy) is 1. The van der Waals surface area contributed by atoms with Gasteiger partial charge in [0.15, 0.2) is 0 Å². The van der Waals surface area contributed by atoms with E-state index in [-0.39, 0.29) is 16.7 Å². The van der Waals surface area contributed by atoms with Crippen molar-refractivity contribution in [1.29, 1.82) is 0 Å². The number of rotatable bonds is 3. The van der Waals surface area contributed by atoms with Crippen molar-refractivity contribution < 1.29 is 19.1 Å². The number of carbonyl (C=O) groups is 3.